The van der Waals surface area contributed by atoms with E-state index < -0.39 is 0 Å². The number of para-hydroxylation sites is 1. The minimum atomic E-state index is -0.296. The van der Waals surface area contributed by atoms with Gasteiger partial charge in [0, 0.05) is 47.4 Å². The van der Waals surface area contributed by atoms with Crippen molar-refractivity contribution in [2.24, 2.45) is 0 Å². The first kappa shape index (κ1) is 18.8. The number of nitrogens with zero attached hydrogens (tertiary/aromatic N) is 2. The number of rotatable bonds is 2. The molecule has 0 radical (unpaired) electrons. The maximum atomic E-state index is 13.8. The van der Waals surface area contributed by atoms with Gasteiger partial charge in [-0.15, -0.1) is 0 Å². The lowest BCUT2D eigenvalue weighted by atomic mass is 9.99. The van der Waals surface area contributed by atoms with Crippen LogP contribution in [0.4, 0.5) is 10.1 Å². The SMILES string of the molecule is O=C(c1cccc2c1C(=O)N(c1ccccc1)C2)N1CCc2[nH]c3ccc(F)cc3c2C1. The first-order chi connectivity index (χ1) is 15.6. The van der Waals surface area contributed by atoms with Crippen LogP contribution in [0.1, 0.15) is 37.5 Å². The zero-order valence-electron chi connectivity index (χ0n) is 17.3. The van der Waals surface area contributed by atoms with Gasteiger partial charge in [-0.1, -0.05) is 30.3 Å². The molecule has 158 valence electrons. The van der Waals surface area contributed by atoms with Gasteiger partial charge in [0.25, 0.3) is 11.8 Å². The fraction of sp³-hybridized carbons (Fsp3) is 0.154. The predicted octanol–water partition coefficient (Wildman–Crippen LogP) is 4.67. The van der Waals surface area contributed by atoms with Crippen LogP contribution >= 0.6 is 0 Å². The average Bonchev–Trinajstić information content (AvgIpc) is 3.36. The molecule has 6 heteroatoms. The third-order valence-corrected chi connectivity index (χ3v) is 6.46. The second kappa shape index (κ2) is 7.05. The average molecular weight is 425 g/mol. The van der Waals surface area contributed by atoms with Crippen LogP contribution in [0.15, 0.2) is 66.7 Å². The van der Waals surface area contributed by atoms with Gasteiger partial charge in [-0.05, 0) is 42.0 Å². The summed E-state index contributed by atoms with van der Waals surface area (Å²) in [4.78, 5) is 33.7. The molecule has 1 aromatic heterocycles. The van der Waals surface area contributed by atoms with Gasteiger partial charge < -0.3 is 14.8 Å². The van der Waals surface area contributed by atoms with E-state index in [1.807, 2.05) is 42.5 Å². The van der Waals surface area contributed by atoms with Crippen LogP contribution in [0.3, 0.4) is 0 Å². The summed E-state index contributed by atoms with van der Waals surface area (Å²) in [5, 5.41) is 0.808. The number of halogens is 1. The van der Waals surface area contributed by atoms with Crippen molar-refractivity contribution in [3.05, 3.63) is 100 Å². The van der Waals surface area contributed by atoms with Crippen LogP contribution in [-0.4, -0.2) is 28.2 Å². The Balaban J connectivity index is 1.34. The van der Waals surface area contributed by atoms with Crippen molar-refractivity contribution in [2.75, 3.05) is 11.4 Å². The van der Waals surface area contributed by atoms with Gasteiger partial charge in [0.05, 0.1) is 17.7 Å². The van der Waals surface area contributed by atoms with Crippen LogP contribution in [0.5, 0.6) is 0 Å². The Morgan fingerprint density at radius 3 is 2.66 bits per heavy atom. The predicted molar refractivity (Wildman–Crippen MR) is 120 cm³/mol. The largest absolute Gasteiger partial charge is 0.358 e. The molecule has 0 atom stereocenters. The van der Waals surface area contributed by atoms with E-state index in [-0.39, 0.29) is 17.6 Å². The number of fused-ring (bicyclic) bond motifs is 4. The molecule has 0 fully saturated rings. The fourth-order valence-corrected chi connectivity index (χ4v) is 4.89. The summed E-state index contributed by atoms with van der Waals surface area (Å²) < 4.78 is 13.8. The maximum absolute atomic E-state index is 13.8. The van der Waals surface area contributed by atoms with Gasteiger partial charge in [-0.2, -0.15) is 0 Å². The number of aromatic amines is 1. The third-order valence-electron chi connectivity index (χ3n) is 6.46. The van der Waals surface area contributed by atoms with Crippen LogP contribution < -0.4 is 4.90 Å². The van der Waals surface area contributed by atoms with Crippen molar-refractivity contribution in [2.45, 2.75) is 19.5 Å². The Morgan fingerprint density at radius 2 is 1.81 bits per heavy atom. The van der Waals surface area contributed by atoms with E-state index in [0.29, 0.717) is 37.2 Å². The summed E-state index contributed by atoms with van der Waals surface area (Å²) in [6, 6.07) is 19.7. The van der Waals surface area contributed by atoms with Gasteiger partial charge in [0.15, 0.2) is 0 Å². The van der Waals surface area contributed by atoms with E-state index in [4.69, 9.17) is 0 Å². The highest BCUT2D eigenvalue weighted by Gasteiger charge is 2.34. The maximum Gasteiger partial charge on any atom is 0.259 e. The molecule has 5 nitrogen and oxygen atoms in total. The van der Waals surface area contributed by atoms with Crippen molar-refractivity contribution in [1.82, 2.24) is 9.88 Å². The summed E-state index contributed by atoms with van der Waals surface area (Å²) >= 11 is 0. The molecular formula is C26H20FN3O2. The number of anilines is 1. The van der Waals surface area contributed by atoms with E-state index in [1.54, 1.807) is 21.9 Å². The number of hydrogen-bond donors (Lipinski definition) is 1. The molecule has 0 saturated heterocycles. The number of aromatic nitrogens is 1. The molecule has 2 aliphatic heterocycles. The van der Waals surface area contributed by atoms with Gasteiger partial charge in [0.2, 0.25) is 0 Å². The minimum absolute atomic E-state index is 0.151. The number of amides is 2. The second-order valence-electron chi connectivity index (χ2n) is 8.32. The fourth-order valence-electron chi connectivity index (χ4n) is 4.89. The van der Waals surface area contributed by atoms with Crippen LogP contribution in [0.25, 0.3) is 10.9 Å². The molecule has 0 saturated carbocycles. The zero-order chi connectivity index (χ0) is 21.8. The molecule has 0 aliphatic carbocycles. The van der Waals surface area contributed by atoms with Crippen molar-refractivity contribution in [3.8, 4) is 0 Å². The summed E-state index contributed by atoms with van der Waals surface area (Å²) in [6.45, 7) is 1.38. The molecule has 32 heavy (non-hydrogen) atoms. The van der Waals surface area contributed by atoms with E-state index in [0.717, 1.165) is 33.4 Å². The van der Waals surface area contributed by atoms with Crippen molar-refractivity contribution in [1.29, 1.82) is 0 Å². The lowest BCUT2D eigenvalue weighted by Crippen LogP contribution is -2.36. The van der Waals surface area contributed by atoms with Crippen LogP contribution in [-0.2, 0) is 19.5 Å². The Bertz CT molecular complexity index is 1390. The van der Waals surface area contributed by atoms with Gasteiger partial charge in [0.1, 0.15) is 5.82 Å². The van der Waals surface area contributed by atoms with Crippen molar-refractivity contribution < 1.29 is 14.0 Å². The number of benzene rings is 3. The molecule has 2 amide bonds. The monoisotopic (exact) mass is 425 g/mol. The van der Waals surface area contributed by atoms with E-state index in [1.165, 1.54) is 12.1 Å². The first-order valence-electron chi connectivity index (χ1n) is 10.7. The molecule has 0 spiro atoms. The molecule has 6 rings (SSSR count). The smallest absolute Gasteiger partial charge is 0.259 e. The Labute approximate surface area is 184 Å². The summed E-state index contributed by atoms with van der Waals surface area (Å²) in [5.74, 6) is -0.612. The first-order valence-corrected chi connectivity index (χ1v) is 10.7. The number of carbonyl (C=O) groups is 2. The van der Waals surface area contributed by atoms with Crippen LogP contribution in [0, 0.1) is 5.82 Å². The number of nitrogens with one attached hydrogen (secondary N) is 1. The standard InChI is InChI=1S/C26H20FN3O2/c27-17-9-10-22-20(13-17)21-15-29(12-11-23(21)28-22)25(31)19-8-4-5-16-14-30(26(32)24(16)19)18-6-2-1-3-7-18/h1-10,13,28H,11-12,14-15H2. The summed E-state index contributed by atoms with van der Waals surface area (Å²) in [7, 11) is 0. The normalized spacial score (nSPS) is 15.2. The molecule has 2 aliphatic rings. The quantitative estimate of drug-likeness (QED) is 0.508. The lowest BCUT2D eigenvalue weighted by Gasteiger charge is -2.28. The molecule has 1 N–H and O–H groups in total. The number of H-pyrrole nitrogens is 1. The highest BCUT2D eigenvalue weighted by molar-refractivity contribution is 6.16. The second-order valence-corrected chi connectivity index (χ2v) is 8.32. The van der Waals surface area contributed by atoms with E-state index in [9.17, 15) is 14.0 Å². The Morgan fingerprint density at radius 1 is 0.969 bits per heavy atom. The molecule has 3 aromatic carbocycles. The van der Waals surface area contributed by atoms with Crippen molar-refractivity contribution in [3.63, 3.8) is 0 Å². The molecule has 0 unspecified atom stereocenters. The highest BCUT2D eigenvalue weighted by atomic mass is 19.1. The minimum Gasteiger partial charge on any atom is -0.358 e. The molecule has 4 aromatic rings. The molecule has 3 heterocycles. The van der Waals surface area contributed by atoms with Crippen molar-refractivity contribution >= 4 is 28.4 Å². The van der Waals surface area contributed by atoms with E-state index >= 15 is 0 Å². The topological polar surface area (TPSA) is 56.4 Å². The molecule has 0 bridgehead atoms. The molecular weight excluding hydrogens is 405 g/mol. The van der Waals surface area contributed by atoms with E-state index in [2.05, 4.69) is 4.98 Å². The summed E-state index contributed by atoms with van der Waals surface area (Å²) in [6.07, 6.45) is 0.663. The Hall–Kier alpha value is -3.93. The van der Waals surface area contributed by atoms with Gasteiger partial charge in [-0.3, -0.25) is 9.59 Å². The van der Waals surface area contributed by atoms with Crippen LogP contribution in [0.2, 0.25) is 0 Å². The summed E-state index contributed by atoms with van der Waals surface area (Å²) in [5.41, 5.74) is 5.45. The lowest BCUT2D eigenvalue weighted by molar-refractivity contribution is 0.0730. The number of carbonyl (C=O) groups excluding carboxylic acids is 2. The number of hydrogen-bond acceptors (Lipinski definition) is 2. The zero-order valence-corrected chi connectivity index (χ0v) is 17.3. The highest BCUT2D eigenvalue weighted by Crippen LogP contribution is 2.33. The van der Waals surface area contributed by atoms with Gasteiger partial charge in [-0.25, -0.2) is 4.39 Å². The van der Waals surface area contributed by atoms with Gasteiger partial charge >= 0.3 is 0 Å². The third kappa shape index (κ3) is 2.83. The Kier molecular flexibility index (Phi) is 4.15.